The van der Waals surface area contributed by atoms with E-state index in [1.165, 1.54) is 31.4 Å². The summed E-state index contributed by atoms with van der Waals surface area (Å²) in [5.74, 6) is -0.251. The minimum Gasteiger partial charge on any atom is -0.354 e. The minimum atomic E-state index is -0.229. The summed E-state index contributed by atoms with van der Waals surface area (Å²) in [6, 6.07) is 10.9. The average Bonchev–Trinajstić information content (AvgIpc) is 3.10. The third-order valence-electron chi connectivity index (χ3n) is 5.22. The van der Waals surface area contributed by atoms with Crippen molar-refractivity contribution in [2.24, 2.45) is 0 Å². The predicted octanol–water partition coefficient (Wildman–Crippen LogP) is 4.06. The summed E-state index contributed by atoms with van der Waals surface area (Å²) < 4.78 is 13.2. The Morgan fingerprint density at radius 2 is 1.85 bits per heavy atom. The predicted molar refractivity (Wildman–Crippen MR) is 102 cm³/mol. The van der Waals surface area contributed by atoms with Gasteiger partial charge in [-0.2, -0.15) is 0 Å². The first-order chi connectivity index (χ1) is 12.5. The zero-order valence-corrected chi connectivity index (χ0v) is 15.6. The van der Waals surface area contributed by atoms with Gasteiger partial charge in [-0.3, -0.25) is 4.79 Å². The number of H-pyrrole nitrogens is 1. The van der Waals surface area contributed by atoms with Crippen LogP contribution in [0.1, 0.15) is 59.9 Å². The Morgan fingerprint density at radius 3 is 2.50 bits per heavy atom. The number of benzene rings is 1. The molecule has 1 aliphatic carbocycles. The Morgan fingerprint density at radius 1 is 1.15 bits per heavy atom. The van der Waals surface area contributed by atoms with Crippen molar-refractivity contribution in [3.05, 3.63) is 59.2 Å². The Balaban J connectivity index is 1.65. The maximum Gasteiger partial charge on any atom is 0.267 e. The molecule has 1 unspecified atom stereocenters. The second-order valence-corrected chi connectivity index (χ2v) is 7.44. The van der Waals surface area contributed by atoms with Crippen LogP contribution in [-0.2, 0) is 6.42 Å². The number of rotatable bonds is 6. The van der Waals surface area contributed by atoms with E-state index in [4.69, 9.17) is 0 Å². The quantitative estimate of drug-likeness (QED) is 0.819. The van der Waals surface area contributed by atoms with Gasteiger partial charge in [-0.15, -0.1) is 0 Å². The van der Waals surface area contributed by atoms with E-state index in [1.807, 2.05) is 38.4 Å². The number of hydrogen-bond donors (Lipinski definition) is 2. The van der Waals surface area contributed by atoms with Crippen LogP contribution in [0.15, 0.2) is 36.4 Å². The van der Waals surface area contributed by atoms with E-state index in [0.29, 0.717) is 11.7 Å². The molecule has 0 radical (unpaired) electrons. The molecule has 0 aliphatic heterocycles. The maximum atomic E-state index is 13.2. The van der Waals surface area contributed by atoms with Crippen molar-refractivity contribution in [2.75, 3.05) is 14.1 Å². The summed E-state index contributed by atoms with van der Waals surface area (Å²) in [6.07, 6.45) is 6.55. The number of hydrogen-bond acceptors (Lipinski definition) is 2. The molecule has 2 N–H and O–H groups in total. The molecule has 3 rings (SSSR count). The molecule has 1 fully saturated rings. The van der Waals surface area contributed by atoms with Crippen molar-refractivity contribution >= 4 is 5.91 Å². The Hall–Kier alpha value is -2.14. The standard InChI is InChI=1S/C21H28FN3O/c1-25(2)20(15-8-10-16(22)11-9-15)14-18-12-13-19(23-18)21(26)24-17-6-4-3-5-7-17/h8-13,17,20,23H,3-7,14H2,1-2H3,(H,24,26). The maximum absolute atomic E-state index is 13.2. The molecular weight excluding hydrogens is 329 g/mol. The van der Waals surface area contributed by atoms with Gasteiger partial charge in [0, 0.05) is 24.2 Å². The van der Waals surface area contributed by atoms with Gasteiger partial charge in [-0.1, -0.05) is 31.4 Å². The van der Waals surface area contributed by atoms with Gasteiger partial charge in [-0.25, -0.2) is 4.39 Å². The SMILES string of the molecule is CN(C)C(Cc1ccc(C(=O)NC2CCCCC2)[nH]1)c1ccc(F)cc1. The highest BCUT2D eigenvalue weighted by Gasteiger charge is 2.19. The van der Waals surface area contributed by atoms with Gasteiger partial charge in [-0.05, 0) is 56.8 Å². The van der Waals surface area contributed by atoms with E-state index in [0.717, 1.165) is 30.5 Å². The zero-order valence-electron chi connectivity index (χ0n) is 15.6. The molecular formula is C21H28FN3O. The second kappa shape index (κ2) is 8.49. The highest BCUT2D eigenvalue weighted by molar-refractivity contribution is 5.92. The van der Waals surface area contributed by atoms with Crippen LogP contribution in [0.25, 0.3) is 0 Å². The first kappa shape index (κ1) is 18.6. The molecule has 0 bridgehead atoms. The van der Waals surface area contributed by atoms with Gasteiger partial charge in [0.1, 0.15) is 11.5 Å². The number of nitrogens with one attached hydrogen (secondary N) is 2. The van der Waals surface area contributed by atoms with E-state index in [2.05, 4.69) is 15.2 Å². The molecule has 0 saturated heterocycles. The first-order valence-electron chi connectivity index (χ1n) is 9.43. The van der Waals surface area contributed by atoms with Crippen LogP contribution in [0.5, 0.6) is 0 Å². The highest BCUT2D eigenvalue weighted by Crippen LogP contribution is 2.23. The van der Waals surface area contributed by atoms with Crippen molar-refractivity contribution in [3.8, 4) is 0 Å². The van der Waals surface area contributed by atoms with Crippen molar-refractivity contribution in [2.45, 2.75) is 50.6 Å². The molecule has 1 heterocycles. The number of carbonyl (C=O) groups excluding carboxylic acids is 1. The summed E-state index contributed by atoms with van der Waals surface area (Å²) in [6.45, 7) is 0. The first-order valence-corrected chi connectivity index (χ1v) is 9.43. The van der Waals surface area contributed by atoms with E-state index in [1.54, 1.807) is 0 Å². The lowest BCUT2D eigenvalue weighted by Crippen LogP contribution is -2.36. The van der Waals surface area contributed by atoms with Crippen LogP contribution < -0.4 is 5.32 Å². The van der Waals surface area contributed by atoms with Crippen LogP contribution in [0, 0.1) is 5.82 Å². The lowest BCUT2D eigenvalue weighted by Gasteiger charge is -2.24. The highest BCUT2D eigenvalue weighted by atomic mass is 19.1. The van der Waals surface area contributed by atoms with E-state index in [-0.39, 0.29) is 17.8 Å². The van der Waals surface area contributed by atoms with Gasteiger partial charge in [0.15, 0.2) is 0 Å². The summed E-state index contributed by atoms with van der Waals surface area (Å²) >= 11 is 0. The molecule has 1 aromatic heterocycles. The summed E-state index contributed by atoms with van der Waals surface area (Å²) in [5, 5.41) is 3.14. The van der Waals surface area contributed by atoms with Crippen LogP contribution >= 0.6 is 0 Å². The molecule has 0 spiro atoms. The van der Waals surface area contributed by atoms with Crippen LogP contribution in [0.3, 0.4) is 0 Å². The molecule has 4 nitrogen and oxygen atoms in total. The fourth-order valence-corrected chi connectivity index (χ4v) is 3.69. The number of likely N-dealkylation sites (N-methyl/N-ethyl adjacent to an activating group) is 1. The van der Waals surface area contributed by atoms with E-state index in [9.17, 15) is 9.18 Å². The molecule has 5 heteroatoms. The number of nitrogens with zero attached hydrogens (tertiary/aromatic N) is 1. The smallest absolute Gasteiger partial charge is 0.267 e. The van der Waals surface area contributed by atoms with Gasteiger partial charge in [0.05, 0.1) is 0 Å². The van der Waals surface area contributed by atoms with E-state index < -0.39 is 0 Å². The van der Waals surface area contributed by atoms with Crippen molar-refractivity contribution < 1.29 is 9.18 Å². The third-order valence-corrected chi connectivity index (χ3v) is 5.22. The second-order valence-electron chi connectivity index (χ2n) is 7.44. The fourth-order valence-electron chi connectivity index (χ4n) is 3.69. The van der Waals surface area contributed by atoms with Crippen molar-refractivity contribution in [1.29, 1.82) is 0 Å². The normalized spacial score (nSPS) is 16.6. The molecule has 2 aromatic rings. The molecule has 1 aromatic carbocycles. The summed E-state index contributed by atoms with van der Waals surface area (Å²) in [7, 11) is 4.02. The molecule has 1 amide bonds. The molecule has 26 heavy (non-hydrogen) atoms. The molecule has 140 valence electrons. The fraction of sp³-hybridized carbons (Fsp3) is 0.476. The van der Waals surface area contributed by atoms with Gasteiger partial charge >= 0.3 is 0 Å². The van der Waals surface area contributed by atoms with Gasteiger partial charge in [0.2, 0.25) is 0 Å². The Bertz CT molecular complexity index is 717. The van der Waals surface area contributed by atoms with Crippen LogP contribution in [0.4, 0.5) is 4.39 Å². The van der Waals surface area contributed by atoms with Gasteiger partial charge < -0.3 is 15.2 Å². The number of carbonyl (C=O) groups is 1. The van der Waals surface area contributed by atoms with Gasteiger partial charge in [0.25, 0.3) is 5.91 Å². The van der Waals surface area contributed by atoms with E-state index >= 15 is 0 Å². The topological polar surface area (TPSA) is 48.1 Å². The largest absolute Gasteiger partial charge is 0.354 e. The van der Waals surface area contributed by atoms with Crippen molar-refractivity contribution in [3.63, 3.8) is 0 Å². The summed E-state index contributed by atoms with van der Waals surface area (Å²) in [5.41, 5.74) is 2.67. The third kappa shape index (κ3) is 4.73. The Kier molecular flexibility index (Phi) is 6.09. The number of aromatic nitrogens is 1. The summed E-state index contributed by atoms with van der Waals surface area (Å²) in [4.78, 5) is 17.8. The van der Waals surface area contributed by atoms with Crippen LogP contribution in [0.2, 0.25) is 0 Å². The molecule has 1 aliphatic rings. The zero-order chi connectivity index (χ0) is 18.5. The lowest BCUT2D eigenvalue weighted by molar-refractivity contribution is 0.0923. The monoisotopic (exact) mass is 357 g/mol. The number of amides is 1. The number of halogens is 1. The minimum absolute atomic E-state index is 0.0219. The van der Waals surface area contributed by atoms with Crippen LogP contribution in [-0.4, -0.2) is 35.9 Å². The Labute approximate surface area is 154 Å². The average molecular weight is 357 g/mol. The lowest BCUT2D eigenvalue weighted by atomic mass is 9.95. The van der Waals surface area contributed by atoms with Crippen molar-refractivity contribution in [1.82, 2.24) is 15.2 Å². The number of aromatic amines is 1. The molecule has 1 atom stereocenters. The molecule has 1 saturated carbocycles.